The average molecular weight is 319 g/mol. The fourth-order valence-corrected chi connectivity index (χ4v) is 2.85. The number of anilines is 1. The van der Waals surface area contributed by atoms with Crippen molar-refractivity contribution in [2.75, 3.05) is 5.73 Å². The molecule has 3 aromatic rings. The van der Waals surface area contributed by atoms with Gasteiger partial charge in [0.2, 0.25) is 0 Å². The lowest BCUT2D eigenvalue weighted by Gasteiger charge is -2.07. The SMILES string of the molecule is Nc1cc(Br)cc(Cn2ccc3c(F)cccc32)c1. The number of nitrogens with zero attached hydrogens (tertiary/aromatic N) is 1. The minimum atomic E-state index is -0.190. The Kier molecular flexibility index (Phi) is 3.03. The van der Waals surface area contributed by atoms with Crippen molar-refractivity contribution >= 4 is 32.5 Å². The van der Waals surface area contributed by atoms with Crippen molar-refractivity contribution in [2.45, 2.75) is 6.54 Å². The summed E-state index contributed by atoms with van der Waals surface area (Å²) in [6.07, 6.45) is 1.89. The van der Waals surface area contributed by atoms with Crippen LogP contribution < -0.4 is 5.73 Å². The van der Waals surface area contributed by atoms with E-state index in [0.717, 1.165) is 15.6 Å². The molecule has 0 saturated carbocycles. The maximum Gasteiger partial charge on any atom is 0.132 e. The molecule has 2 N–H and O–H groups in total. The molecule has 0 unspecified atom stereocenters. The lowest BCUT2D eigenvalue weighted by Crippen LogP contribution is -1.99. The highest BCUT2D eigenvalue weighted by Gasteiger charge is 2.06. The van der Waals surface area contributed by atoms with Gasteiger partial charge in [0.15, 0.2) is 0 Å². The molecule has 3 rings (SSSR count). The van der Waals surface area contributed by atoms with Gasteiger partial charge in [0.25, 0.3) is 0 Å². The van der Waals surface area contributed by atoms with E-state index >= 15 is 0 Å². The quantitative estimate of drug-likeness (QED) is 0.706. The topological polar surface area (TPSA) is 30.9 Å². The Morgan fingerprint density at radius 1 is 1.16 bits per heavy atom. The van der Waals surface area contributed by atoms with Crippen LogP contribution in [0.1, 0.15) is 5.56 Å². The highest BCUT2D eigenvalue weighted by Crippen LogP contribution is 2.22. The van der Waals surface area contributed by atoms with Crippen LogP contribution in [-0.2, 0) is 6.54 Å². The number of aromatic nitrogens is 1. The molecular formula is C15H12BrFN2. The fourth-order valence-electron chi connectivity index (χ4n) is 2.29. The molecule has 0 spiro atoms. The van der Waals surface area contributed by atoms with Crippen molar-refractivity contribution < 1.29 is 4.39 Å². The number of nitrogen functional groups attached to an aromatic ring is 1. The van der Waals surface area contributed by atoms with Gasteiger partial charge in [-0.3, -0.25) is 0 Å². The zero-order valence-corrected chi connectivity index (χ0v) is 11.7. The van der Waals surface area contributed by atoms with Crippen LogP contribution in [0.5, 0.6) is 0 Å². The molecule has 2 aromatic carbocycles. The first-order chi connectivity index (χ1) is 9.13. The molecule has 0 atom stereocenters. The summed E-state index contributed by atoms with van der Waals surface area (Å²) in [7, 11) is 0. The molecule has 1 heterocycles. The van der Waals surface area contributed by atoms with Crippen molar-refractivity contribution in [3.8, 4) is 0 Å². The second-order valence-corrected chi connectivity index (χ2v) is 5.42. The van der Waals surface area contributed by atoms with Gasteiger partial charge in [-0.1, -0.05) is 22.0 Å². The van der Waals surface area contributed by atoms with Gasteiger partial charge in [0.05, 0.1) is 5.52 Å². The van der Waals surface area contributed by atoms with E-state index in [1.165, 1.54) is 6.07 Å². The highest BCUT2D eigenvalue weighted by molar-refractivity contribution is 9.10. The molecular weight excluding hydrogens is 307 g/mol. The van der Waals surface area contributed by atoms with Crippen molar-refractivity contribution in [1.29, 1.82) is 0 Å². The summed E-state index contributed by atoms with van der Waals surface area (Å²) < 4.78 is 16.6. The van der Waals surface area contributed by atoms with Gasteiger partial charge >= 0.3 is 0 Å². The van der Waals surface area contributed by atoms with Gasteiger partial charge in [-0.2, -0.15) is 0 Å². The Morgan fingerprint density at radius 3 is 2.79 bits per heavy atom. The van der Waals surface area contributed by atoms with Crippen molar-refractivity contribution in [3.63, 3.8) is 0 Å². The van der Waals surface area contributed by atoms with E-state index in [1.54, 1.807) is 12.1 Å². The Morgan fingerprint density at radius 2 is 2.00 bits per heavy atom. The molecule has 2 nitrogen and oxygen atoms in total. The van der Waals surface area contributed by atoms with Gasteiger partial charge in [-0.25, -0.2) is 4.39 Å². The largest absolute Gasteiger partial charge is 0.399 e. The van der Waals surface area contributed by atoms with Crippen LogP contribution in [0.4, 0.5) is 10.1 Å². The number of fused-ring (bicyclic) bond motifs is 1. The van der Waals surface area contributed by atoms with E-state index in [9.17, 15) is 4.39 Å². The molecule has 0 aliphatic rings. The summed E-state index contributed by atoms with van der Waals surface area (Å²) in [5, 5.41) is 0.644. The molecule has 0 fully saturated rings. The molecule has 4 heteroatoms. The van der Waals surface area contributed by atoms with Gasteiger partial charge in [-0.05, 0) is 42.0 Å². The van der Waals surface area contributed by atoms with E-state index in [2.05, 4.69) is 15.9 Å². The Bertz CT molecular complexity index is 729. The van der Waals surface area contributed by atoms with Crippen LogP contribution in [0, 0.1) is 5.82 Å². The maximum atomic E-state index is 13.6. The third-order valence-corrected chi connectivity index (χ3v) is 3.55. The zero-order chi connectivity index (χ0) is 13.4. The zero-order valence-electron chi connectivity index (χ0n) is 10.1. The predicted octanol–water partition coefficient (Wildman–Crippen LogP) is 4.17. The summed E-state index contributed by atoms with van der Waals surface area (Å²) in [6.45, 7) is 0.663. The average Bonchev–Trinajstić information content (AvgIpc) is 2.73. The standard InChI is InChI=1S/C15H12BrFN2/c16-11-6-10(7-12(18)8-11)9-19-5-4-13-14(17)2-1-3-15(13)19/h1-8H,9,18H2. The number of hydrogen-bond donors (Lipinski definition) is 1. The maximum absolute atomic E-state index is 13.6. The minimum absolute atomic E-state index is 0.190. The lowest BCUT2D eigenvalue weighted by molar-refractivity contribution is 0.639. The first kappa shape index (κ1) is 12.2. The van der Waals surface area contributed by atoms with Crippen LogP contribution in [0.25, 0.3) is 10.9 Å². The van der Waals surface area contributed by atoms with Crippen LogP contribution in [0.3, 0.4) is 0 Å². The third-order valence-electron chi connectivity index (χ3n) is 3.09. The number of hydrogen-bond acceptors (Lipinski definition) is 1. The molecule has 0 aliphatic heterocycles. The first-order valence-electron chi connectivity index (χ1n) is 5.92. The Balaban J connectivity index is 2.04. The number of halogens is 2. The number of rotatable bonds is 2. The van der Waals surface area contributed by atoms with Gasteiger partial charge in [0, 0.05) is 28.3 Å². The molecule has 0 radical (unpaired) electrons. The predicted molar refractivity (Wildman–Crippen MR) is 79.6 cm³/mol. The van der Waals surface area contributed by atoms with E-state index in [4.69, 9.17) is 5.73 Å². The Hall–Kier alpha value is -1.81. The third kappa shape index (κ3) is 2.36. The van der Waals surface area contributed by atoms with E-state index < -0.39 is 0 Å². The molecule has 19 heavy (non-hydrogen) atoms. The van der Waals surface area contributed by atoms with E-state index in [0.29, 0.717) is 17.6 Å². The second kappa shape index (κ2) is 4.70. The Labute approximate surface area is 118 Å². The van der Waals surface area contributed by atoms with Crippen LogP contribution in [-0.4, -0.2) is 4.57 Å². The summed E-state index contributed by atoms with van der Waals surface area (Å²) in [6, 6.07) is 12.7. The van der Waals surface area contributed by atoms with Crippen LogP contribution >= 0.6 is 15.9 Å². The fraction of sp³-hybridized carbons (Fsp3) is 0.0667. The van der Waals surface area contributed by atoms with Crippen LogP contribution in [0.15, 0.2) is 53.1 Å². The summed E-state index contributed by atoms with van der Waals surface area (Å²) in [4.78, 5) is 0. The molecule has 0 saturated heterocycles. The number of nitrogens with two attached hydrogens (primary N) is 1. The smallest absolute Gasteiger partial charge is 0.132 e. The summed E-state index contributed by atoms with van der Waals surface area (Å²) in [5.41, 5.74) is 8.51. The summed E-state index contributed by atoms with van der Waals surface area (Å²) >= 11 is 3.43. The van der Waals surface area contributed by atoms with Crippen molar-refractivity contribution in [2.24, 2.45) is 0 Å². The van der Waals surface area contributed by atoms with Crippen LogP contribution in [0.2, 0.25) is 0 Å². The molecule has 96 valence electrons. The monoisotopic (exact) mass is 318 g/mol. The second-order valence-electron chi connectivity index (χ2n) is 4.51. The molecule has 0 aliphatic carbocycles. The van der Waals surface area contributed by atoms with Gasteiger partial charge < -0.3 is 10.3 Å². The van der Waals surface area contributed by atoms with Crippen molar-refractivity contribution in [1.82, 2.24) is 4.57 Å². The lowest BCUT2D eigenvalue weighted by atomic mass is 10.2. The highest BCUT2D eigenvalue weighted by atomic mass is 79.9. The molecule has 0 amide bonds. The van der Waals surface area contributed by atoms with E-state index in [1.807, 2.05) is 35.0 Å². The van der Waals surface area contributed by atoms with Crippen molar-refractivity contribution in [3.05, 3.63) is 64.5 Å². The molecule has 0 bridgehead atoms. The number of benzene rings is 2. The molecule has 1 aromatic heterocycles. The normalized spacial score (nSPS) is 11.1. The van der Waals surface area contributed by atoms with Gasteiger partial charge in [0.1, 0.15) is 5.82 Å². The minimum Gasteiger partial charge on any atom is -0.399 e. The van der Waals surface area contributed by atoms with E-state index in [-0.39, 0.29) is 5.82 Å². The summed E-state index contributed by atoms with van der Waals surface area (Å²) in [5.74, 6) is -0.190. The van der Waals surface area contributed by atoms with Gasteiger partial charge in [-0.15, -0.1) is 0 Å². The first-order valence-corrected chi connectivity index (χ1v) is 6.71.